The Kier molecular flexibility index (Phi) is 10.6. The minimum absolute atomic E-state index is 0.0844. The van der Waals surface area contributed by atoms with E-state index in [1.54, 1.807) is 0 Å². The zero-order chi connectivity index (χ0) is 15.1. The predicted octanol–water partition coefficient (Wildman–Crippen LogP) is 1.73. The molecule has 0 aromatic heterocycles. The van der Waals surface area contributed by atoms with E-state index in [-0.39, 0.29) is 51.9 Å². The SMILES string of the molecule is N#CCCOC(CCC#N)(OCCC#N)OCCC#N. The van der Waals surface area contributed by atoms with Crippen molar-refractivity contribution < 1.29 is 14.2 Å². The van der Waals surface area contributed by atoms with Crippen molar-refractivity contribution in [1.29, 1.82) is 21.0 Å². The lowest BCUT2D eigenvalue weighted by Gasteiger charge is -2.32. The highest BCUT2D eigenvalue weighted by atomic mass is 16.9. The van der Waals surface area contributed by atoms with Crippen molar-refractivity contribution in [3.8, 4) is 24.3 Å². The molecule has 0 heterocycles. The summed E-state index contributed by atoms with van der Waals surface area (Å²) in [6, 6.07) is 7.73. The first kappa shape index (κ1) is 17.8. The van der Waals surface area contributed by atoms with E-state index >= 15 is 0 Å². The first-order chi connectivity index (χ1) is 9.74. The minimum Gasteiger partial charge on any atom is -0.326 e. The summed E-state index contributed by atoms with van der Waals surface area (Å²) in [6.07, 6.45) is 0.726. The maximum Gasteiger partial charge on any atom is 0.283 e. The van der Waals surface area contributed by atoms with Gasteiger partial charge in [0.1, 0.15) is 0 Å². The van der Waals surface area contributed by atoms with E-state index in [9.17, 15) is 0 Å². The molecule has 0 N–H and O–H groups in total. The van der Waals surface area contributed by atoms with Crippen LogP contribution in [0.3, 0.4) is 0 Å². The quantitative estimate of drug-likeness (QED) is 0.415. The summed E-state index contributed by atoms with van der Waals surface area (Å²) in [4.78, 5) is 0. The highest BCUT2D eigenvalue weighted by molar-refractivity contribution is 4.76. The Bertz CT molecular complexity index is 375. The highest BCUT2D eigenvalue weighted by Gasteiger charge is 2.33. The zero-order valence-corrected chi connectivity index (χ0v) is 11.2. The van der Waals surface area contributed by atoms with Gasteiger partial charge in [-0.05, 0) is 0 Å². The Labute approximate surface area is 118 Å². The van der Waals surface area contributed by atoms with Crippen molar-refractivity contribution in [2.75, 3.05) is 19.8 Å². The summed E-state index contributed by atoms with van der Waals surface area (Å²) in [7, 11) is 0. The molecular weight excluding hydrogens is 260 g/mol. The molecule has 7 heteroatoms. The molecule has 20 heavy (non-hydrogen) atoms. The first-order valence-corrected chi connectivity index (χ1v) is 6.14. The van der Waals surface area contributed by atoms with E-state index in [4.69, 9.17) is 35.3 Å². The lowest BCUT2D eigenvalue weighted by atomic mass is 10.3. The second-order valence-electron chi connectivity index (χ2n) is 3.61. The van der Waals surface area contributed by atoms with Crippen LogP contribution in [-0.2, 0) is 14.2 Å². The van der Waals surface area contributed by atoms with Crippen molar-refractivity contribution >= 4 is 0 Å². The fraction of sp³-hybridized carbons (Fsp3) is 0.692. The van der Waals surface area contributed by atoms with E-state index in [1.165, 1.54) is 0 Å². The number of hydrogen-bond acceptors (Lipinski definition) is 7. The molecule has 0 aliphatic carbocycles. The molecule has 0 aliphatic rings. The van der Waals surface area contributed by atoms with Crippen molar-refractivity contribution in [3.05, 3.63) is 0 Å². The Morgan fingerprint density at radius 3 is 1.25 bits per heavy atom. The van der Waals surface area contributed by atoms with E-state index in [1.807, 2.05) is 24.3 Å². The van der Waals surface area contributed by atoms with E-state index in [2.05, 4.69) is 0 Å². The Hall–Kier alpha value is -2.16. The Morgan fingerprint density at radius 2 is 0.950 bits per heavy atom. The van der Waals surface area contributed by atoms with Gasteiger partial charge in [-0.15, -0.1) is 0 Å². The molecule has 0 amide bonds. The van der Waals surface area contributed by atoms with Crippen LogP contribution in [-0.4, -0.2) is 25.8 Å². The smallest absolute Gasteiger partial charge is 0.283 e. The number of nitrogens with zero attached hydrogens (tertiary/aromatic N) is 4. The number of ether oxygens (including phenoxy) is 3. The molecule has 7 nitrogen and oxygen atoms in total. The van der Waals surface area contributed by atoms with Crippen molar-refractivity contribution in [2.24, 2.45) is 0 Å². The van der Waals surface area contributed by atoms with Gasteiger partial charge in [0.15, 0.2) is 0 Å². The normalized spacial score (nSPS) is 10.0. The van der Waals surface area contributed by atoms with Crippen LogP contribution in [0, 0.1) is 45.3 Å². The van der Waals surface area contributed by atoms with Crippen LogP contribution in [0.4, 0.5) is 0 Å². The molecule has 0 rings (SSSR count). The molecule has 0 fully saturated rings. The fourth-order valence-electron chi connectivity index (χ4n) is 1.31. The minimum atomic E-state index is -1.47. The molecule has 0 aromatic rings. The highest BCUT2D eigenvalue weighted by Crippen LogP contribution is 2.23. The van der Waals surface area contributed by atoms with Crippen LogP contribution in [0.5, 0.6) is 0 Å². The van der Waals surface area contributed by atoms with E-state index in [0.717, 1.165) is 0 Å². The van der Waals surface area contributed by atoms with Crippen molar-refractivity contribution in [3.63, 3.8) is 0 Å². The van der Waals surface area contributed by atoms with Crippen LogP contribution in [0.1, 0.15) is 32.1 Å². The van der Waals surface area contributed by atoms with Gasteiger partial charge in [-0.2, -0.15) is 21.0 Å². The summed E-state index contributed by atoms with van der Waals surface area (Å²) in [5.41, 5.74) is 0. The molecule has 0 saturated carbocycles. The largest absolute Gasteiger partial charge is 0.326 e. The second kappa shape index (κ2) is 11.9. The molecule has 0 bridgehead atoms. The van der Waals surface area contributed by atoms with Crippen LogP contribution < -0.4 is 0 Å². The maximum absolute atomic E-state index is 8.67. The fourth-order valence-corrected chi connectivity index (χ4v) is 1.31. The van der Waals surface area contributed by atoms with Gasteiger partial charge in [-0.3, -0.25) is 0 Å². The zero-order valence-electron chi connectivity index (χ0n) is 11.2. The van der Waals surface area contributed by atoms with Gasteiger partial charge >= 0.3 is 0 Å². The van der Waals surface area contributed by atoms with Crippen LogP contribution in [0.15, 0.2) is 0 Å². The molecule has 0 spiro atoms. The average Bonchev–Trinajstić information content (AvgIpc) is 2.46. The molecule has 0 radical (unpaired) electrons. The molecule has 0 aromatic carbocycles. The number of rotatable bonds is 11. The monoisotopic (exact) mass is 276 g/mol. The van der Waals surface area contributed by atoms with Gasteiger partial charge in [-0.1, -0.05) is 0 Å². The predicted molar refractivity (Wildman–Crippen MR) is 66.1 cm³/mol. The van der Waals surface area contributed by atoms with Crippen molar-refractivity contribution in [2.45, 2.75) is 38.1 Å². The van der Waals surface area contributed by atoms with Crippen LogP contribution in [0.2, 0.25) is 0 Å². The summed E-state index contributed by atoms with van der Waals surface area (Å²) in [6.45, 7) is 0.253. The topological polar surface area (TPSA) is 123 Å². The second-order valence-corrected chi connectivity index (χ2v) is 3.61. The molecule has 0 saturated heterocycles. The van der Waals surface area contributed by atoms with E-state index in [0.29, 0.717) is 0 Å². The van der Waals surface area contributed by atoms with Gasteiger partial charge in [0.2, 0.25) is 0 Å². The molecule has 0 aliphatic heterocycles. The summed E-state index contributed by atoms with van der Waals surface area (Å²) in [5.74, 6) is -1.47. The summed E-state index contributed by atoms with van der Waals surface area (Å²) in [5, 5.41) is 34.2. The molecule has 106 valence electrons. The summed E-state index contributed by atoms with van der Waals surface area (Å²) < 4.78 is 16.3. The third kappa shape index (κ3) is 8.03. The Morgan fingerprint density at radius 1 is 0.600 bits per heavy atom. The summed E-state index contributed by atoms with van der Waals surface area (Å²) >= 11 is 0. The van der Waals surface area contributed by atoms with Crippen molar-refractivity contribution in [1.82, 2.24) is 0 Å². The molecule has 0 atom stereocenters. The van der Waals surface area contributed by atoms with Gasteiger partial charge in [0.25, 0.3) is 5.97 Å². The molecular formula is C13H16N4O3. The maximum atomic E-state index is 8.67. The van der Waals surface area contributed by atoms with Crippen LogP contribution in [0.25, 0.3) is 0 Å². The van der Waals surface area contributed by atoms with Crippen LogP contribution >= 0.6 is 0 Å². The third-order valence-electron chi connectivity index (χ3n) is 2.15. The lowest BCUT2D eigenvalue weighted by molar-refractivity contribution is -0.381. The third-order valence-corrected chi connectivity index (χ3v) is 2.15. The Balaban J connectivity index is 4.68. The van der Waals surface area contributed by atoms with Gasteiger partial charge in [0, 0.05) is 12.8 Å². The van der Waals surface area contributed by atoms with Gasteiger partial charge in [-0.25, -0.2) is 0 Å². The number of hydrogen-bond donors (Lipinski definition) is 0. The van der Waals surface area contributed by atoms with E-state index < -0.39 is 5.97 Å². The average molecular weight is 276 g/mol. The lowest BCUT2D eigenvalue weighted by Crippen LogP contribution is -2.40. The first-order valence-electron chi connectivity index (χ1n) is 6.14. The van der Waals surface area contributed by atoms with Gasteiger partial charge in [0.05, 0.1) is 63.4 Å². The standard InChI is InChI=1S/C13H16N4O3/c14-6-1-5-13(18-10-2-7-15,19-11-3-8-16)20-12-4-9-17/h1-5,10-12H2. The van der Waals surface area contributed by atoms with Gasteiger partial charge < -0.3 is 14.2 Å². The number of nitriles is 4. The molecule has 0 unspecified atom stereocenters.